The van der Waals surface area contributed by atoms with Crippen LogP contribution in [0.1, 0.15) is 59.8 Å². The Hall–Kier alpha value is -2.60. The molecule has 2 N–H and O–H groups in total. The average molecular weight is 442 g/mol. The number of aryl methyl sites for hydroxylation is 1. The highest BCUT2D eigenvalue weighted by atomic mass is 15.2. The largest absolute Gasteiger partial charge is 0.313 e. The van der Waals surface area contributed by atoms with Gasteiger partial charge < -0.3 is 10.6 Å². The van der Waals surface area contributed by atoms with E-state index in [0.717, 1.165) is 44.8 Å². The van der Waals surface area contributed by atoms with E-state index in [2.05, 4.69) is 63.0 Å². The first kappa shape index (κ1) is 22.2. The van der Waals surface area contributed by atoms with E-state index in [1.807, 2.05) is 24.5 Å². The zero-order valence-electron chi connectivity index (χ0n) is 19.4. The molecule has 1 saturated heterocycles. The molecule has 172 valence electrons. The van der Waals surface area contributed by atoms with E-state index in [0.29, 0.717) is 12.1 Å². The van der Waals surface area contributed by atoms with E-state index >= 15 is 0 Å². The van der Waals surface area contributed by atoms with Crippen molar-refractivity contribution in [2.24, 2.45) is 0 Å². The van der Waals surface area contributed by atoms with E-state index in [1.54, 1.807) is 0 Å². The second-order valence-electron chi connectivity index (χ2n) is 9.42. The summed E-state index contributed by atoms with van der Waals surface area (Å²) in [6.07, 6.45) is 9.99. The van der Waals surface area contributed by atoms with Crippen molar-refractivity contribution in [1.29, 1.82) is 0 Å². The summed E-state index contributed by atoms with van der Waals surface area (Å²) in [6.45, 7) is 4.86. The molecule has 5 nitrogen and oxygen atoms in total. The van der Waals surface area contributed by atoms with Gasteiger partial charge in [-0.15, -0.1) is 0 Å². The molecule has 2 aliphatic rings. The lowest BCUT2D eigenvalue weighted by Gasteiger charge is -2.36. The zero-order chi connectivity index (χ0) is 22.3. The molecule has 1 aliphatic heterocycles. The lowest BCUT2D eigenvalue weighted by atomic mass is 9.90. The molecule has 5 heteroatoms. The molecule has 5 rings (SSSR count). The molecule has 3 heterocycles. The summed E-state index contributed by atoms with van der Waals surface area (Å²) < 4.78 is 0. The van der Waals surface area contributed by atoms with Crippen LogP contribution >= 0.6 is 0 Å². The van der Waals surface area contributed by atoms with Crippen molar-refractivity contribution in [3.8, 4) is 0 Å². The first-order valence-corrected chi connectivity index (χ1v) is 12.4. The summed E-state index contributed by atoms with van der Waals surface area (Å²) in [7, 11) is 0. The summed E-state index contributed by atoms with van der Waals surface area (Å²) in [6, 6.07) is 20.5. The minimum absolute atomic E-state index is 0.414. The second-order valence-corrected chi connectivity index (χ2v) is 9.42. The third kappa shape index (κ3) is 5.85. The van der Waals surface area contributed by atoms with Crippen LogP contribution in [0.3, 0.4) is 0 Å². The molecule has 3 aromatic rings. The number of nitrogens with zero attached hydrogens (tertiary/aromatic N) is 3. The molecule has 1 aromatic carbocycles. The smallest absolute Gasteiger partial charge is 0.0607 e. The topological polar surface area (TPSA) is 53.1 Å². The number of nitrogens with one attached hydrogen (secondary N) is 2. The number of hydrogen-bond acceptors (Lipinski definition) is 5. The number of rotatable bonds is 9. The number of aromatic nitrogens is 2. The average Bonchev–Trinajstić information content (AvgIpc) is 3.38. The number of pyridine rings is 2. The van der Waals surface area contributed by atoms with Gasteiger partial charge in [0.05, 0.1) is 17.4 Å². The second kappa shape index (κ2) is 11.0. The molecule has 2 atom stereocenters. The van der Waals surface area contributed by atoms with E-state index in [-0.39, 0.29) is 0 Å². The normalized spacial score (nSPS) is 20.2. The molecule has 0 radical (unpaired) electrons. The van der Waals surface area contributed by atoms with E-state index < -0.39 is 0 Å². The number of fused-ring (bicyclic) bond motifs is 1. The van der Waals surface area contributed by atoms with E-state index in [1.165, 1.54) is 48.1 Å². The first-order chi connectivity index (χ1) is 16.3. The van der Waals surface area contributed by atoms with Gasteiger partial charge in [0.25, 0.3) is 0 Å². The summed E-state index contributed by atoms with van der Waals surface area (Å²) in [5.41, 5.74) is 6.50. The monoisotopic (exact) mass is 441 g/mol. The highest BCUT2D eigenvalue weighted by Gasteiger charge is 2.29. The maximum atomic E-state index is 4.84. The third-order valence-electron chi connectivity index (χ3n) is 6.99. The molecular weight excluding hydrogens is 406 g/mol. The summed E-state index contributed by atoms with van der Waals surface area (Å²) in [5.74, 6) is 0. The lowest BCUT2D eigenvalue weighted by molar-refractivity contribution is 0.151. The molecule has 1 unspecified atom stereocenters. The molecule has 0 saturated carbocycles. The Morgan fingerprint density at radius 2 is 1.76 bits per heavy atom. The van der Waals surface area contributed by atoms with Crippen molar-refractivity contribution < 1.29 is 0 Å². The fraction of sp³-hybridized carbons (Fsp3) is 0.429. The van der Waals surface area contributed by atoms with Crippen LogP contribution in [0, 0.1) is 0 Å². The molecule has 0 amide bonds. The molecule has 0 spiro atoms. The van der Waals surface area contributed by atoms with Gasteiger partial charge in [0.2, 0.25) is 0 Å². The van der Waals surface area contributed by atoms with Gasteiger partial charge in [-0.1, -0.05) is 36.4 Å². The Kier molecular flexibility index (Phi) is 7.41. The third-order valence-corrected chi connectivity index (χ3v) is 6.99. The fourth-order valence-corrected chi connectivity index (χ4v) is 5.27. The Balaban J connectivity index is 1.25. The SMILES string of the molecule is c1ccc(CNCc2ccc(CN(C[C@@H]3CCCN3)C3CCCc4cccnc43)cc2)nc1. The quantitative estimate of drug-likeness (QED) is 0.516. The van der Waals surface area contributed by atoms with Crippen molar-refractivity contribution in [3.63, 3.8) is 0 Å². The van der Waals surface area contributed by atoms with Crippen LogP contribution in [-0.4, -0.2) is 34.0 Å². The van der Waals surface area contributed by atoms with Gasteiger partial charge in [-0.05, 0) is 73.5 Å². The van der Waals surface area contributed by atoms with E-state index in [4.69, 9.17) is 4.98 Å². The van der Waals surface area contributed by atoms with Crippen molar-refractivity contribution in [2.75, 3.05) is 13.1 Å². The van der Waals surface area contributed by atoms with Gasteiger partial charge in [0, 0.05) is 44.6 Å². The maximum absolute atomic E-state index is 4.84. The Morgan fingerprint density at radius 3 is 2.58 bits per heavy atom. The summed E-state index contributed by atoms with van der Waals surface area (Å²) >= 11 is 0. The molecule has 33 heavy (non-hydrogen) atoms. The Labute approximate surface area is 197 Å². The van der Waals surface area contributed by atoms with Crippen LogP contribution < -0.4 is 10.6 Å². The van der Waals surface area contributed by atoms with E-state index in [9.17, 15) is 0 Å². The zero-order valence-corrected chi connectivity index (χ0v) is 19.4. The standard InChI is InChI=1S/C28H35N5/c1-2-15-30-25(8-1)19-29-18-22-11-13-23(14-12-22)20-33(21-26-9-5-16-31-26)27-10-3-6-24-7-4-17-32-28(24)27/h1-2,4,7-8,11-15,17,26-27,29,31H,3,5-6,9-10,16,18-21H2/t26-,27?/m0/s1. The van der Waals surface area contributed by atoms with Gasteiger partial charge in [-0.2, -0.15) is 0 Å². The molecular formula is C28H35N5. The van der Waals surface area contributed by atoms with Gasteiger partial charge in [-0.3, -0.25) is 14.9 Å². The summed E-state index contributed by atoms with van der Waals surface area (Å²) in [5, 5.41) is 7.21. The van der Waals surface area contributed by atoms with Crippen LogP contribution in [0.2, 0.25) is 0 Å². The van der Waals surface area contributed by atoms with Gasteiger partial charge >= 0.3 is 0 Å². The van der Waals surface area contributed by atoms with Crippen molar-refractivity contribution >= 4 is 0 Å². The van der Waals surface area contributed by atoms with Crippen LogP contribution in [0.4, 0.5) is 0 Å². The molecule has 1 aliphatic carbocycles. The highest BCUT2D eigenvalue weighted by molar-refractivity contribution is 5.27. The highest BCUT2D eigenvalue weighted by Crippen LogP contribution is 2.34. The number of hydrogen-bond donors (Lipinski definition) is 2. The van der Waals surface area contributed by atoms with Crippen molar-refractivity contribution in [3.05, 3.63) is 95.1 Å². The predicted octanol–water partition coefficient (Wildman–Crippen LogP) is 4.40. The van der Waals surface area contributed by atoms with Crippen molar-refractivity contribution in [2.45, 2.75) is 63.8 Å². The molecule has 1 fully saturated rings. The fourth-order valence-electron chi connectivity index (χ4n) is 5.27. The van der Waals surface area contributed by atoms with Gasteiger partial charge in [-0.25, -0.2) is 0 Å². The molecule has 0 bridgehead atoms. The van der Waals surface area contributed by atoms with Gasteiger partial charge in [0.1, 0.15) is 0 Å². The van der Waals surface area contributed by atoms with Crippen LogP contribution in [0.5, 0.6) is 0 Å². The first-order valence-electron chi connectivity index (χ1n) is 12.4. The minimum Gasteiger partial charge on any atom is -0.313 e. The van der Waals surface area contributed by atoms with Crippen LogP contribution in [0.25, 0.3) is 0 Å². The Morgan fingerprint density at radius 1 is 0.879 bits per heavy atom. The number of benzene rings is 1. The predicted molar refractivity (Wildman–Crippen MR) is 133 cm³/mol. The maximum Gasteiger partial charge on any atom is 0.0607 e. The Bertz CT molecular complexity index is 998. The van der Waals surface area contributed by atoms with Gasteiger partial charge in [0.15, 0.2) is 0 Å². The van der Waals surface area contributed by atoms with Crippen molar-refractivity contribution in [1.82, 2.24) is 25.5 Å². The van der Waals surface area contributed by atoms with Crippen LogP contribution in [-0.2, 0) is 26.1 Å². The van der Waals surface area contributed by atoms with Crippen LogP contribution in [0.15, 0.2) is 67.0 Å². The lowest BCUT2D eigenvalue weighted by Crippen LogP contribution is -2.40. The minimum atomic E-state index is 0.414. The molecule has 2 aromatic heterocycles. The summed E-state index contributed by atoms with van der Waals surface area (Å²) in [4.78, 5) is 11.9.